The Hall–Kier alpha value is -2.17. The molecule has 5 nitrogen and oxygen atoms in total. The fraction of sp³-hybridized carbons (Fsp3) is 0.182. The van der Waals surface area contributed by atoms with Gasteiger partial charge in [-0.2, -0.15) is 5.10 Å². The lowest BCUT2D eigenvalue weighted by molar-refractivity contribution is 0.804. The summed E-state index contributed by atoms with van der Waals surface area (Å²) in [6.07, 6.45) is 1.73. The van der Waals surface area contributed by atoms with Crippen molar-refractivity contribution in [2.45, 2.75) is 6.92 Å². The number of hydrogen-bond acceptors (Lipinski definition) is 4. The highest BCUT2D eigenvalue weighted by molar-refractivity contribution is 6.05. The Labute approximate surface area is 91.9 Å². The molecule has 0 saturated heterocycles. The van der Waals surface area contributed by atoms with E-state index in [0.717, 1.165) is 27.6 Å². The third-order valence-electron chi connectivity index (χ3n) is 2.70. The van der Waals surface area contributed by atoms with Crippen LogP contribution < -0.4 is 5.73 Å². The Kier molecular flexibility index (Phi) is 1.65. The first kappa shape index (κ1) is 9.08. The number of aryl methyl sites for hydroxylation is 2. The van der Waals surface area contributed by atoms with Crippen molar-refractivity contribution in [3.8, 4) is 0 Å². The van der Waals surface area contributed by atoms with Crippen LogP contribution in [-0.2, 0) is 7.05 Å². The summed E-state index contributed by atoms with van der Waals surface area (Å²) < 4.78 is 1.77. The maximum atomic E-state index is 5.81. The molecule has 0 aromatic carbocycles. The van der Waals surface area contributed by atoms with Gasteiger partial charge in [0.15, 0.2) is 11.5 Å². The van der Waals surface area contributed by atoms with Crippen LogP contribution in [0.2, 0.25) is 0 Å². The molecule has 0 aliphatic heterocycles. The summed E-state index contributed by atoms with van der Waals surface area (Å²) in [6.45, 7) is 1.95. The fourth-order valence-corrected chi connectivity index (χ4v) is 1.96. The second kappa shape index (κ2) is 2.91. The highest BCUT2D eigenvalue weighted by Gasteiger charge is 2.10. The van der Waals surface area contributed by atoms with Crippen LogP contribution in [0.25, 0.3) is 21.9 Å². The average molecular weight is 213 g/mol. The van der Waals surface area contributed by atoms with Crippen LogP contribution in [0.3, 0.4) is 0 Å². The molecule has 3 aromatic rings. The summed E-state index contributed by atoms with van der Waals surface area (Å²) in [5, 5.41) is 6.05. The first-order valence-electron chi connectivity index (χ1n) is 5.01. The van der Waals surface area contributed by atoms with Crippen LogP contribution in [0.4, 0.5) is 5.82 Å². The Balaban J connectivity index is 2.58. The van der Waals surface area contributed by atoms with Gasteiger partial charge in [-0.15, -0.1) is 0 Å². The van der Waals surface area contributed by atoms with E-state index >= 15 is 0 Å². The van der Waals surface area contributed by atoms with E-state index in [-0.39, 0.29) is 0 Å². The molecular weight excluding hydrogens is 202 g/mol. The Bertz CT molecular complexity index is 698. The van der Waals surface area contributed by atoms with Gasteiger partial charge in [0.05, 0.1) is 10.9 Å². The lowest BCUT2D eigenvalue weighted by Gasteiger charge is -2.01. The van der Waals surface area contributed by atoms with Crippen molar-refractivity contribution in [1.29, 1.82) is 0 Å². The molecule has 0 aliphatic rings. The predicted octanol–water partition coefficient (Wildman–Crippen LogP) is 1.41. The second-order valence-electron chi connectivity index (χ2n) is 3.85. The lowest BCUT2D eigenvalue weighted by atomic mass is 10.2. The minimum absolute atomic E-state index is 0.507. The Morgan fingerprint density at radius 2 is 2.06 bits per heavy atom. The Morgan fingerprint density at radius 1 is 1.25 bits per heavy atom. The summed E-state index contributed by atoms with van der Waals surface area (Å²) in [5.41, 5.74) is 8.47. The van der Waals surface area contributed by atoms with Crippen LogP contribution in [0.5, 0.6) is 0 Å². The van der Waals surface area contributed by atoms with Gasteiger partial charge in [0.25, 0.3) is 0 Å². The van der Waals surface area contributed by atoms with Crippen LogP contribution in [0.15, 0.2) is 18.3 Å². The number of nitrogens with zero attached hydrogens (tertiary/aromatic N) is 4. The van der Waals surface area contributed by atoms with Gasteiger partial charge in [-0.3, -0.25) is 4.68 Å². The summed E-state index contributed by atoms with van der Waals surface area (Å²) in [4.78, 5) is 8.68. The van der Waals surface area contributed by atoms with E-state index in [0.29, 0.717) is 5.82 Å². The van der Waals surface area contributed by atoms with E-state index in [1.54, 1.807) is 10.9 Å². The van der Waals surface area contributed by atoms with E-state index in [4.69, 9.17) is 5.73 Å². The maximum Gasteiger partial charge on any atom is 0.161 e. The molecule has 3 heterocycles. The maximum absolute atomic E-state index is 5.81. The van der Waals surface area contributed by atoms with Crippen LogP contribution in [-0.4, -0.2) is 19.7 Å². The van der Waals surface area contributed by atoms with Crippen molar-refractivity contribution in [2.24, 2.45) is 7.05 Å². The van der Waals surface area contributed by atoms with Gasteiger partial charge >= 0.3 is 0 Å². The molecule has 5 heteroatoms. The zero-order valence-corrected chi connectivity index (χ0v) is 9.10. The number of pyridine rings is 2. The highest BCUT2D eigenvalue weighted by Crippen LogP contribution is 2.25. The zero-order chi connectivity index (χ0) is 11.3. The molecule has 0 fully saturated rings. The standard InChI is InChI=1S/C11H11N5/c1-6-3-4-7-9-8(5-13-11(7)14-6)10(12)15-16(9)2/h3-5H,1-2H3,(H2,12,15). The van der Waals surface area contributed by atoms with Gasteiger partial charge in [-0.05, 0) is 19.1 Å². The smallest absolute Gasteiger partial charge is 0.161 e. The van der Waals surface area contributed by atoms with Gasteiger partial charge in [0.1, 0.15) is 0 Å². The fourth-order valence-electron chi connectivity index (χ4n) is 1.96. The first-order chi connectivity index (χ1) is 7.66. The molecule has 0 aliphatic carbocycles. The Morgan fingerprint density at radius 3 is 2.88 bits per heavy atom. The molecule has 80 valence electrons. The van der Waals surface area contributed by atoms with Crippen LogP contribution in [0, 0.1) is 6.92 Å². The van der Waals surface area contributed by atoms with Crippen molar-refractivity contribution >= 4 is 27.8 Å². The number of anilines is 1. The molecule has 16 heavy (non-hydrogen) atoms. The molecule has 0 unspecified atom stereocenters. The van der Waals surface area contributed by atoms with Crippen LogP contribution in [0.1, 0.15) is 5.69 Å². The average Bonchev–Trinajstić information content (AvgIpc) is 2.54. The highest BCUT2D eigenvalue weighted by atomic mass is 15.3. The predicted molar refractivity (Wildman–Crippen MR) is 63.0 cm³/mol. The van der Waals surface area contributed by atoms with Gasteiger partial charge in [0.2, 0.25) is 0 Å². The normalized spacial score (nSPS) is 11.4. The van der Waals surface area contributed by atoms with Gasteiger partial charge in [0, 0.05) is 24.3 Å². The van der Waals surface area contributed by atoms with E-state index in [2.05, 4.69) is 15.1 Å². The molecule has 0 atom stereocenters. The first-order valence-corrected chi connectivity index (χ1v) is 5.01. The van der Waals surface area contributed by atoms with Crippen LogP contribution >= 0.6 is 0 Å². The molecule has 3 aromatic heterocycles. The van der Waals surface area contributed by atoms with Crippen molar-refractivity contribution in [2.75, 3.05) is 5.73 Å². The third-order valence-corrected chi connectivity index (χ3v) is 2.70. The van der Waals surface area contributed by atoms with Crippen molar-refractivity contribution in [3.63, 3.8) is 0 Å². The summed E-state index contributed by atoms with van der Waals surface area (Å²) in [6, 6.07) is 3.97. The SMILES string of the molecule is Cc1ccc2c(ncc3c(N)nn(C)c32)n1. The summed E-state index contributed by atoms with van der Waals surface area (Å²) >= 11 is 0. The number of nitrogens with two attached hydrogens (primary N) is 1. The van der Waals surface area contributed by atoms with Gasteiger partial charge in [-0.25, -0.2) is 9.97 Å². The zero-order valence-electron chi connectivity index (χ0n) is 9.10. The number of rotatable bonds is 0. The monoisotopic (exact) mass is 213 g/mol. The largest absolute Gasteiger partial charge is 0.382 e. The topological polar surface area (TPSA) is 69.6 Å². The molecule has 2 N–H and O–H groups in total. The van der Waals surface area contributed by atoms with E-state index in [9.17, 15) is 0 Å². The second-order valence-corrected chi connectivity index (χ2v) is 3.85. The van der Waals surface area contributed by atoms with E-state index < -0.39 is 0 Å². The van der Waals surface area contributed by atoms with Crippen molar-refractivity contribution in [1.82, 2.24) is 19.7 Å². The van der Waals surface area contributed by atoms with Crippen molar-refractivity contribution in [3.05, 3.63) is 24.0 Å². The number of hydrogen-bond donors (Lipinski definition) is 1. The molecule has 0 spiro atoms. The number of aromatic nitrogens is 4. The molecule has 0 radical (unpaired) electrons. The lowest BCUT2D eigenvalue weighted by Crippen LogP contribution is -1.93. The van der Waals surface area contributed by atoms with E-state index in [1.165, 1.54) is 0 Å². The summed E-state index contributed by atoms with van der Waals surface area (Å²) in [5.74, 6) is 0.507. The quantitative estimate of drug-likeness (QED) is 0.613. The minimum atomic E-state index is 0.507. The third kappa shape index (κ3) is 1.08. The van der Waals surface area contributed by atoms with Gasteiger partial charge in [-0.1, -0.05) is 0 Å². The minimum Gasteiger partial charge on any atom is -0.382 e. The molecule has 0 saturated carbocycles. The molecule has 0 bridgehead atoms. The molecular formula is C11H11N5. The number of fused-ring (bicyclic) bond motifs is 3. The number of nitrogen functional groups attached to an aromatic ring is 1. The van der Waals surface area contributed by atoms with Crippen molar-refractivity contribution < 1.29 is 0 Å². The van der Waals surface area contributed by atoms with Gasteiger partial charge < -0.3 is 5.73 Å². The summed E-state index contributed by atoms with van der Waals surface area (Å²) in [7, 11) is 1.87. The molecule has 3 rings (SSSR count). The van der Waals surface area contributed by atoms with E-state index in [1.807, 2.05) is 26.1 Å². The molecule has 0 amide bonds.